The van der Waals surface area contributed by atoms with Gasteiger partial charge < -0.3 is 10.0 Å². The summed E-state index contributed by atoms with van der Waals surface area (Å²) >= 11 is 1.78. The highest BCUT2D eigenvalue weighted by molar-refractivity contribution is 7.07. The van der Waals surface area contributed by atoms with E-state index in [-0.39, 0.29) is 6.61 Å². The molecule has 2 fully saturated rings. The quantitative estimate of drug-likeness (QED) is 0.897. The lowest BCUT2D eigenvalue weighted by molar-refractivity contribution is 0.166. The smallest absolute Gasteiger partial charge is 0.225 e. The molecule has 2 aromatic heterocycles. The summed E-state index contributed by atoms with van der Waals surface area (Å²) in [6, 6.07) is 3.33. The number of nitrogens with zero attached hydrogens (tertiary/aromatic N) is 4. The number of piperidine rings is 1. The van der Waals surface area contributed by atoms with Crippen molar-refractivity contribution in [3.05, 3.63) is 39.8 Å². The minimum absolute atomic E-state index is 0.267. The maximum absolute atomic E-state index is 9.49. The molecule has 0 radical (unpaired) electrons. The zero-order valence-corrected chi connectivity index (χ0v) is 15.9. The minimum atomic E-state index is 0.267. The van der Waals surface area contributed by atoms with Gasteiger partial charge in [-0.1, -0.05) is 0 Å². The molecule has 0 unspecified atom stereocenters. The zero-order valence-electron chi connectivity index (χ0n) is 15.0. The Labute approximate surface area is 158 Å². The van der Waals surface area contributed by atoms with Crippen molar-refractivity contribution in [3.8, 4) is 0 Å². The van der Waals surface area contributed by atoms with E-state index in [1.165, 1.54) is 29.7 Å². The summed E-state index contributed by atoms with van der Waals surface area (Å²) in [4.78, 5) is 14.7. The molecule has 2 bridgehead atoms. The molecule has 0 aromatic carbocycles. The second-order valence-electron chi connectivity index (χ2n) is 7.96. The Bertz CT molecular complexity index is 765. The molecule has 0 amide bonds. The standard InChI is InChI=1S/C20H26N4OS/c25-12-14-2-1-6-23(10-14)20-21-9-17-18(22-20)8-16-3-4-19(17)24(16)11-15-5-7-26-13-15/h5,7,9,13-14,16,19,25H,1-4,6,8,10-12H2/t14-,16-,19-/m1/s1. The average molecular weight is 371 g/mol. The molecule has 3 aliphatic heterocycles. The third-order valence-corrected chi connectivity index (χ3v) is 7.06. The van der Waals surface area contributed by atoms with Gasteiger partial charge in [-0.25, -0.2) is 9.97 Å². The van der Waals surface area contributed by atoms with E-state index < -0.39 is 0 Å². The topological polar surface area (TPSA) is 52.5 Å². The van der Waals surface area contributed by atoms with Crippen molar-refractivity contribution in [2.45, 2.75) is 50.7 Å². The summed E-state index contributed by atoms with van der Waals surface area (Å²) in [5, 5.41) is 13.9. The molecule has 5 nitrogen and oxygen atoms in total. The second-order valence-corrected chi connectivity index (χ2v) is 8.74. The molecule has 5 rings (SSSR count). The molecule has 6 heteroatoms. The first-order valence-electron chi connectivity index (χ1n) is 9.80. The molecule has 26 heavy (non-hydrogen) atoms. The van der Waals surface area contributed by atoms with Crippen molar-refractivity contribution >= 4 is 17.3 Å². The molecule has 2 saturated heterocycles. The zero-order chi connectivity index (χ0) is 17.5. The Kier molecular flexibility index (Phi) is 4.43. The van der Waals surface area contributed by atoms with Gasteiger partial charge in [-0.3, -0.25) is 4.90 Å². The van der Waals surface area contributed by atoms with Gasteiger partial charge in [0.2, 0.25) is 5.95 Å². The van der Waals surface area contributed by atoms with Crippen LogP contribution in [0.15, 0.2) is 23.0 Å². The number of aromatic nitrogens is 2. The lowest BCUT2D eigenvalue weighted by Gasteiger charge is -2.36. The Hall–Kier alpha value is -1.50. The summed E-state index contributed by atoms with van der Waals surface area (Å²) in [5.74, 6) is 1.23. The highest BCUT2D eigenvalue weighted by atomic mass is 32.1. The average Bonchev–Trinajstić information content (AvgIpc) is 3.29. The number of aliphatic hydroxyl groups excluding tert-OH is 1. The van der Waals surface area contributed by atoms with E-state index in [0.717, 1.165) is 44.8 Å². The summed E-state index contributed by atoms with van der Waals surface area (Å²) < 4.78 is 0. The predicted molar refractivity (Wildman–Crippen MR) is 103 cm³/mol. The fourth-order valence-electron chi connectivity index (χ4n) is 4.95. The van der Waals surface area contributed by atoms with Crippen LogP contribution in [0.3, 0.4) is 0 Å². The first-order valence-corrected chi connectivity index (χ1v) is 10.7. The third kappa shape index (κ3) is 2.94. The number of anilines is 1. The van der Waals surface area contributed by atoms with Gasteiger partial charge in [0, 0.05) is 56.5 Å². The first-order chi connectivity index (χ1) is 12.8. The Morgan fingerprint density at radius 3 is 3.08 bits per heavy atom. The fourth-order valence-corrected chi connectivity index (χ4v) is 5.61. The van der Waals surface area contributed by atoms with E-state index >= 15 is 0 Å². The summed E-state index contributed by atoms with van der Waals surface area (Å²) in [6.07, 6.45) is 7.85. The Morgan fingerprint density at radius 2 is 2.23 bits per heavy atom. The molecule has 138 valence electrons. The summed E-state index contributed by atoms with van der Waals surface area (Å²) in [7, 11) is 0. The minimum Gasteiger partial charge on any atom is -0.396 e. The predicted octanol–water partition coefficient (Wildman–Crippen LogP) is 3.01. The number of hydrogen-bond donors (Lipinski definition) is 1. The van der Waals surface area contributed by atoms with Crippen LogP contribution in [-0.4, -0.2) is 45.7 Å². The van der Waals surface area contributed by atoms with Gasteiger partial charge >= 0.3 is 0 Å². The van der Waals surface area contributed by atoms with E-state index in [1.807, 2.05) is 0 Å². The maximum Gasteiger partial charge on any atom is 0.225 e. The lowest BCUT2D eigenvalue weighted by atomic mass is 9.98. The van der Waals surface area contributed by atoms with E-state index in [1.54, 1.807) is 11.3 Å². The van der Waals surface area contributed by atoms with Crippen LogP contribution in [0.5, 0.6) is 0 Å². The molecular formula is C20H26N4OS. The number of rotatable bonds is 4. The number of fused-ring (bicyclic) bond motifs is 4. The van der Waals surface area contributed by atoms with Gasteiger partial charge in [0.25, 0.3) is 0 Å². The van der Waals surface area contributed by atoms with Crippen molar-refractivity contribution in [2.75, 3.05) is 24.6 Å². The van der Waals surface area contributed by atoms with Crippen molar-refractivity contribution < 1.29 is 5.11 Å². The normalized spacial score (nSPS) is 28.3. The van der Waals surface area contributed by atoms with Gasteiger partial charge in [0.05, 0.1) is 5.69 Å². The number of thiophene rings is 1. The molecule has 0 aliphatic carbocycles. The largest absolute Gasteiger partial charge is 0.396 e. The molecule has 5 heterocycles. The van der Waals surface area contributed by atoms with Crippen LogP contribution < -0.4 is 4.90 Å². The van der Waals surface area contributed by atoms with E-state index in [9.17, 15) is 5.11 Å². The molecule has 1 N–H and O–H groups in total. The van der Waals surface area contributed by atoms with Crippen LogP contribution in [0.25, 0.3) is 0 Å². The number of aliphatic hydroxyl groups is 1. The second kappa shape index (κ2) is 6.91. The Balaban J connectivity index is 1.38. The van der Waals surface area contributed by atoms with E-state index in [0.29, 0.717) is 18.0 Å². The molecule has 3 atom stereocenters. The van der Waals surface area contributed by atoms with Gasteiger partial charge in [0.1, 0.15) is 0 Å². The van der Waals surface area contributed by atoms with Crippen LogP contribution in [0.1, 0.15) is 48.5 Å². The van der Waals surface area contributed by atoms with Crippen LogP contribution >= 0.6 is 11.3 Å². The van der Waals surface area contributed by atoms with Crippen LogP contribution in [-0.2, 0) is 13.0 Å². The van der Waals surface area contributed by atoms with Crippen LogP contribution in [0.2, 0.25) is 0 Å². The van der Waals surface area contributed by atoms with Crippen molar-refractivity contribution in [1.82, 2.24) is 14.9 Å². The van der Waals surface area contributed by atoms with Gasteiger partial charge in [0.15, 0.2) is 0 Å². The highest BCUT2D eigenvalue weighted by Gasteiger charge is 2.41. The van der Waals surface area contributed by atoms with E-state index in [4.69, 9.17) is 9.97 Å². The van der Waals surface area contributed by atoms with Gasteiger partial charge in [-0.15, -0.1) is 0 Å². The first kappa shape index (κ1) is 16.7. The van der Waals surface area contributed by atoms with Crippen molar-refractivity contribution in [3.63, 3.8) is 0 Å². The highest BCUT2D eigenvalue weighted by Crippen LogP contribution is 2.44. The third-order valence-electron chi connectivity index (χ3n) is 6.32. The fraction of sp³-hybridized carbons (Fsp3) is 0.600. The van der Waals surface area contributed by atoms with Crippen molar-refractivity contribution in [2.24, 2.45) is 5.92 Å². The van der Waals surface area contributed by atoms with Gasteiger partial charge in [-0.2, -0.15) is 11.3 Å². The molecule has 0 spiro atoms. The monoisotopic (exact) mass is 370 g/mol. The SMILES string of the molecule is OC[C@@H]1CCCN(c2ncc3c(n2)C[C@H]2CC[C@H]3N2Cc2ccsc2)C1. The van der Waals surface area contributed by atoms with Crippen LogP contribution in [0, 0.1) is 5.92 Å². The molecule has 3 aliphatic rings. The summed E-state index contributed by atoms with van der Waals surface area (Å²) in [5.41, 5.74) is 4.03. The molecule has 0 saturated carbocycles. The summed E-state index contributed by atoms with van der Waals surface area (Å²) in [6.45, 7) is 3.20. The van der Waals surface area contributed by atoms with Gasteiger partial charge in [-0.05, 0) is 54.0 Å². The maximum atomic E-state index is 9.49. The number of hydrogen-bond acceptors (Lipinski definition) is 6. The van der Waals surface area contributed by atoms with Crippen molar-refractivity contribution in [1.29, 1.82) is 0 Å². The molecule has 2 aromatic rings. The van der Waals surface area contributed by atoms with Crippen LogP contribution in [0.4, 0.5) is 5.95 Å². The van der Waals surface area contributed by atoms with E-state index in [2.05, 4.69) is 32.8 Å². The Morgan fingerprint density at radius 1 is 1.27 bits per heavy atom. The molecular weight excluding hydrogens is 344 g/mol. The lowest BCUT2D eigenvalue weighted by Crippen LogP contribution is -2.40.